The minimum absolute atomic E-state index is 0.138. The molecule has 3 aromatic carbocycles. The van der Waals surface area contributed by atoms with Gasteiger partial charge in [-0.1, -0.05) is 48.5 Å². The molecule has 0 aliphatic rings. The third kappa shape index (κ3) is 7.19. The van der Waals surface area contributed by atoms with Crippen molar-refractivity contribution < 1.29 is 19.1 Å². The fourth-order valence-electron chi connectivity index (χ4n) is 2.99. The van der Waals surface area contributed by atoms with Crippen LogP contribution in [0.15, 0.2) is 78.9 Å². The summed E-state index contributed by atoms with van der Waals surface area (Å²) in [4.78, 5) is 24.2. The van der Waals surface area contributed by atoms with Gasteiger partial charge in [-0.15, -0.1) is 0 Å². The number of hydrogen-bond donors (Lipinski definition) is 2. The molecule has 2 N–H and O–H groups in total. The normalized spacial score (nSPS) is 10.2. The second kappa shape index (κ2) is 11.4. The van der Waals surface area contributed by atoms with Gasteiger partial charge in [0.05, 0.1) is 13.2 Å². The fraction of sp³-hybridized carbons (Fsp3) is 0.200. The number of carbonyl (C=O) groups excluding carboxylic acids is 2. The largest absolute Gasteiger partial charge is 0.494 e. The highest BCUT2D eigenvalue weighted by atomic mass is 16.5. The van der Waals surface area contributed by atoms with E-state index in [0.717, 1.165) is 16.9 Å². The maximum Gasteiger partial charge on any atom is 0.258 e. The van der Waals surface area contributed by atoms with Crippen LogP contribution in [-0.4, -0.2) is 31.6 Å². The molecular weight excluding hydrogens is 392 g/mol. The minimum Gasteiger partial charge on any atom is -0.494 e. The van der Waals surface area contributed by atoms with Crippen molar-refractivity contribution in [3.63, 3.8) is 0 Å². The summed E-state index contributed by atoms with van der Waals surface area (Å²) >= 11 is 0. The van der Waals surface area contributed by atoms with Crippen molar-refractivity contribution in [3.05, 3.63) is 90.0 Å². The number of amides is 2. The van der Waals surface area contributed by atoms with Crippen molar-refractivity contribution in [2.75, 3.05) is 25.1 Å². The molecule has 0 fully saturated rings. The molecule has 0 aromatic heterocycles. The van der Waals surface area contributed by atoms with Crippen LogP contribution in [0.5, 0.6) is 11.5 Å². The SMILES string of the molecule is CCOc1ccc(NC(=O)CNC(=O)COc2ccccc2Cc2ccccc2)cc1. The highest BCUT2D eigenvalue weighted by Crippen LogP contribution is 2.21. The maximum atomic E-state index is 12.1. The lowest BCUT2D eigenvalue weighted by Crippen LogP contribution is -2.35. The molecule has 6 heteroatoms. The van der Waals surface area contributed by atoms with Gasteiger partial charge in [0.2, 0.25) is 5.91 Å². The summed E-state index contributed by atoms with van der Waals surface area (Å²) in [6.07, 6.45) is 0.711. The molecule has 0 heterocycles. The average Bonchev–Trinajstić information content (AvgIpc) is 2.79. The number of benzene rings is 3. The molecule has 31 heavy (non-hydrogen) atoms. The molecule has 3 rings (SSSR count). The first-order chi connectivity index (χ1) is 15.1. The Morgan fingerprint density at radius 1 is 0.806 bits per heavy atom. The number of anilines is 1. The standard InChI is InChI=1S/C25H26N2O4/c1-2-30-22-14-12-21(13-15-22)27-24(28)17-26-25(29)18-31-23-11-7-6-10-20(23)16-19-8-4-3-5-9-19/h3-15H,2,16-18H2,1H3,(H,26,29)(H,27,28). The quantitative estimate of drug-likeness (QED) is 0.525. The highest BCUT2D eigenvalue weighted by molar-refractivity contribution is 5.94. The van der Waals surface area contributed by atoms with E-state index in [-0.39, 0.29) is 25.0 Å². The Bertz CT molecular complexity index is 988. The summed E-state index contributed by atoms with van der Waals surface area (Å²) in [5, 5.41) is 5.30. The summed E-state index contributed by atoms with van der Waals surface area (Å²) in [6.45, 7) is 2.18. The lowest BCUT2D eigenvalue weighted by Gasteiger charge is -2.12. The van der Waals surface area contributed by atoms with Crippen LogP contribution in [0, 0.1) is 0 Å². The van der Waals surface area contributed by atoms with Crippen molar-refractivity contribution in [2.24, 2.45) is 0 Å². The van der Waals surface area contributed by atoms with Crippen LogP contribution in [-0.2, 0) is 16.0 Å². The van der Waals surface area contributed by atoms with E-state index in [1.54, 1.807) is 24.3 Å². The van der Waals surface area contributed by atoms with Crippen LogP contribution in [0.3, 0.4) is 0 Å². The van der Waals surface area contributed by atoms with E-state index in [9.17, 15) is 9.59 Å². The molecule has 0 saturated carbocycles. The van der Waals surface area contributed by atoms with E-state index in [1.165, 1.54) is 0 Å². The molecule has 0 radical (unpaired) electrons. The highest BCUT2D eigenvalue weighted by Gasteiger charge is 2.09. The van der Waals surface area contributed by atoms with Gasteiger partial charge in [0.1, 0.15) is 11.5 Å². The van der Waals surface area contributed by atoms with Crippen molar-refractivity contribution in [1.82, 2.24) is 5.32 Å². The number of nitrogens with one attached hydrogen (secondary N) is 2. The average molecular weight is 418 g/mol. The van der Waals surface area contributed by atoms with Crippen LogP contribution in [0.2, 0.25) is 0 Å². The fourth-order valence-corrected chi connectivity index (χ4v) is 2.99. The Morgan fingerprint density at radius 3 is 2.26 bits per heavy atom. The number of para-hydroxylation sites is 1. The molecule has 0 atom stereocenters. The second-order valence-corrected chi connectivity index (χ2v) is 6.84. The monoisotopic (exact) mass is 418 g/mol. The molecular formula is C25H26N2O4. The van der Waals surface area contributed by atoms with Gasteiger partial charge in [0.25, 0.3) is 5.91 Å². The molecule has 2 amide bonds. The molecule has 0 aliphatic carbocycles. The van der Waals surface area contributed by atoms with Crippen LogP contribution < -0.4 is 20.1 Å². The van der Waals surface area contributed by atoms with Crippen LogP contribution in [0.4, 0.5) is 5.69 Å². The lowest BCUT2D eigenvalue weighted by atomic mass is 10.0. The van der Waals surface area contributed by atoms with Gasteiger partial charge in [-0.25, -0.2) is 0 Å². The molecule has 0 unspecified atom stereocenters. The van der Waals surface area contributed by atoms with Crippen molar-refractivity contribution in [1.29, 1.82) is 0 Å². The first kappa shape index (κ1) is 21.9. The number of rotatable bonds is 10. The van der Waals surface area contributed by atoms with Gasteiger partial charge in [0, 0.05) is 12.1 Å². The number of ether oxygens (including phenoxy) is 2. The molecule has 3 aromatic rings. The first-order valence-corrected chi connectivity index (χ1v) is 10.2. The summed E-state index contributed by atoms with van der Waals surface area (Å²) in [6, 6.07) is 24.7. The molecule has 0 aliphatic heterocycles. The number of hydrogen-bond acceptors (Lipinski definition) is 4. The Hall–Kier alpha value is -3.80. The summed E-state index contributed by atoms with van der Waals surface area (Å²) in [7, 11) is 0. The smallest absolute Gasteiger partial charge is 0.258 e. The minimum atomic E-state index is -0.364. The van der Waals surface area contributed by atoms with Crippen molar-refractivity contribution >= 4 is 17.5 Å². The molecule has 6 nitrogen and oxygen atoms in total. The Morgan fingerprint density at radius 2 is 1.52 bits per heavy atom. The van der Waals surface area contributed by atoms with Gasteiger partial charge >= 0.3 is 0 Å². The van der Waals surface area contributed by atoms with Crippen LogP contribution in [0.25, 0.3) is 0 Å². The Balaban J connectivity index is 1.44. The van der Waals surface area contributed by atoms with Crippen LogP contribution >= 0.6 is 0 Å². The van der Waals surface area contributed by atoms with Gasteiger partial charge in [-0.2, -0.15) is 0 Å². The van der Waals surface area contributed by atoms with E-state index < -0.39 is 0 Å². The third-order valence-corrected chi connectivity index (χ3v) is 4.46. The van der Waals surface area contributed by atoms with Crippen molar-refractivity contribution in [3.8, 4) is 11.5 Å². The van der Waals surface area contributed by atoms with E-state index in [4.69, 9.17) is 9.47 Å². The zero-order chi connectivity index (χ0) is 21.9. The first-order valence-electron chi connectivity index (χ1n) is 10.2. The molecule has 0 saturated heterocycles. The lowest BCUT2D eigenvalue weighted by molar-refractivity contribution is -0.125. The van der Waals surface area contributed by atoms with Gasteiger partial charge < -0.3 is 20.1 Å². The zero-order valence-electron chi connectivity index (χ0n) is 17.5. The Kier molecular flexibility index (Phi) is 8.05. The summed E-state index contributed by atoms with van der Waals surface area (Å²) < 4.78 is 11.1. The van der Waals surface area contributed by atoms with Gasteiger partial charge in [-0.05, 0) is 48.4 Å². The van der Waals surface area contributed by atoms with Crippen molar-refractivity contribution in [2.45, 2.75) is 13.3 Å². The molecule has 0 bridgehead atoms. The zero-order valence-corrected chi connectivity index (χ0v) is 17.5. The van der Waals surface area contributed by atoms with E-state index in [1.807, 2.05) is 61.5 Å². The van der Waals surface area contributed by atoms with Gasteiger partial charge in [-0.3, -0.25) is 9.59 Å². The number of carbonyl (C=O) groups is 2. The Labute approximate surface area is 182 Å². The third-order valence-electron chi connectivity index (χ3n) is 4.46. The summed E-state index contributed by atoms with van der Waals surface area (Å²) in [5.74, 6) is 0.706. The van der Waals surface area contributed by atoms with E-state index in [2.05, 4.69) is 10.6 Å². The maximum absolute atomic E-state index is 12.1. The second-order valence-electron chi connectivity index (χ2n) is 6.84. The predicted molar refractivity (Wildman–Crippen MR) is 120 cm³/mol. The van der Waals surface area contributed by atoms with E-state index >= 15 is 0 Å². The topological polar surface area (TPSA) is 76.7 Å². The predicted octanol–water partition coefficient (Wildman–Crippen LogP) is 3.81. The van der Waals surface area contributed by atoms with E-state index in [0.29, 0.717) is 24.5 Å². The molecule has 160 valence electrons. The van der Waals surface area contributed by atoms with Crippen LogP contribution in [0.1, 0.15) is 18.1 Å². The van der Waals surface area contributed by atoms with Gasteiger partial charge in [0.15, 0.2) is 6.61 Å². The molecule has 0 spiro atoms. The summed E-state index contributed by atoms with van der Waals surface area (Å²) in [5.41, 5.74) is 2.79.